The van der Waals surface area contributed by atoms with Gasteiger partial charge in [-0.2, -0.15) is 5.10 Å². The highest BCUT2D eigenvalue weighted by molar-refractivity contribution is 9.10. The second-order valence-corrected chi connectivity index (χ2v) is 4.66. The SMILES string of the molecule is Cc1cc(-n2ncc(CN)c2C)ccc1Br. The van der Waals surface area contributed by atoms with E-state index in [4.69, 9.17) is 5.73 Å². The lowest BCUT2D eigenvalue weighted by atomic mass is 10.2. The van der Waals surface area contributed by atoms with E-state index in [9.17, 15) is 0 Å². The molecule has 1 heterocycles. The van der Waals surface area contributed by atoms with Gasteiger partial charge in [0.1, 0.15) is 0 Å². The van der Waals surface area contributed by atoms with Crippen LogP contribution in [-0.4, -0.2) is 9.78 Å². The molecule has 84 valence electrons. The Morgan fingerprint density at radius 1 is 1.38 bits per heavy atom. The maximum absolute atomic E-state index is 5.64. The molecule has 0 atom stereocenters. The summed E-state index contributed by atoms with van der Waals surface area (Å²) in [4.78, 5) is 0. The van der Waals surface area contributed by atoms with Gasteiger partial charge in [-0.15, -0.1) is 0 Å². The maximum atomic E-state index is 5.64. The second-order valence-electron chi connectivity index (χ2n) is 3.80. The second kappa shape index (κ2) is 4.39. The Balaban J connectivity index is 2.50. The molecule has 2 rings (SSSR count). The highest BCUT2D eigenvalue weighted by Crippen LogP contribution is 2.20. The summed E-state index contributed by atoms with van der Waals surface area (Å²) in [6.45, 7) is 4.63. The molecule has 4 heteroatoms. The Labute approximate surface area is 103 Å². The van der Waals surface area contributed by atoms with Crippen LogP contribution in [-0.2, 0) is 6.54 Å². The predicted molar refractivity (Wildman–Crippen MR) is 68.6 cm³/mol. The van der Waals surface area contributed by atoms with Crippen LogP contribution in [0.4, 0.5) is 0 Å². The van der Waals surface area contributed by atoms with Crippen LogP contribution in [0.2, 0.25) is 0 Å². The number of rotatable bonds is 2. The lowest BCUT2D eigenvalue weighted by Gasteiger charge is -2.07. The Kier molecular flexibility index (Phi) is 3.12. The van der Waals surface area contributed by atoms with Crippen LogP contribution in [0.25, 0.3) is 5.69 Å². The van der Waals surface area contributed by atoms with Crippen molar-refractivity contribution in [1.29, 1.82) is 0 Å². The first-order valence-electron chi connectivity index (χ1n) is 5.13. The summed E-state index contributed by atoms with van der Waals surface area (Å²) in [6, 6.07) is 6.18. The van der Waals surface area contributed by atoms with Gasteiger partial charge in [0.15, 0.2) is 0 Å². The quantitative estimate of drug-likeness (QED) is 0.919. The lowest BCUT2D eigenvalue weighted by molar-refractivity contribution is 0.842. The average Bonchev–Trinajstić information content (AvgIpc) is 2.64. The third-order valence-corrected chi connectivity index (χ3v) is 3.61. The fourth-order valence-electron chi connectivity index (χ4n) is 1.66. The molecule has 2 aromatic rings. The van der Waals surface area contributed by atoms with Crippen LogP contribution in [0.3, 0.4) is 0 Å². The van der Waals surface area contributed by atoms with Crippen molar-refractivity contribution in [1.82, 2.24) is 9.78 Å². The summed E-state index contributed by atoms with van der Waals surface area (Å²) in [6.07, 6.45) is 1.83. The minimum Gasteiger partial charge on any atom is -0.326 e. The van der Waals surface area contributed by atoms with Crippen LogP contribution in [0.1, 0.15) is 16.8 Å². The van der Waals surface area contributed by atoms with E-state index in [1.165, 1.54) is 5.56 Å². The van der Waals surface area contributed by atoms with Gasteiger partial charge in [-0.3, -0.25) is 0 Å². The molecule has 0 fully saturated rings. The van der Waals surface area contributed by atoms with Crippen LogP contribution in [0.5, 0.6) is 0 Å². The van der Waals surface area contributed by atoms with E-state index >= 15 is 0 Å². The van der Waals surface area contributed by atoms with Crippen LogP contribution in [0, 0.1) is 13.8 Å². The molecule has 2 N–H and O–H groups in total. The monoisotopic (exact) mass is 279 g/mol. The van der Waals surface area contributed by atoms with Gasteiger partial charge in [0.05, 0.1) is 11.9 Å². The third-order valence-electron chi connectivity index (χ3n) is 2.72. The Hall–Kier alpha value is -1.13. The van der Waals surface area contributed by atoms with E-state index < -0.39 is 0 Å². The molecule has 3 nitrogen and oxygen atoms in total. The number of aryl methyl sites for hydroxylation is 1. The van der Waals surface area contributed by atoms with Crippen molar-refractivity contribution < 1.29 is 0 Å². The molecular formula is C12H14BrN3. The number of hydrogen-bond donors (Lipinski definition) is 1. The molecule has 1 aromatic heterocycles. The zero-order valence-corrected chi connectivity index (χ0v) is 11.0. The van der Waals surface area contributed by atoms with E-state index in [-0.39, 0.29) is 0 Å². The molecule has 0 bridgehead atoms. The Morgan fingerprint density at radius 3 is 2.69 bits per heavy atom. The van der Waals surface area contributed by atoms with E-state index in [2.05, 4.69) is 34.0 Å². The average molecular weight is 280 g/mol. The lowest BCUT2D eigenvalue weighted by Crippen LogP contribution is -2.02. The smallest absolute Gasteiger partial charge is 0.0652 e. The number of benzene rings is 1. The molecule has 0 saturated carbocycles. The van der Waals surface area contributed by atoms with Crippen LogP contribution < -0.4 is 5.73 Å². The van der Waals surface area contributed by atoms with Crippen molar-refractivity contribution in [2.75, 3.05) is 0 Å². The molecule has 0 spiro atoms. The first kappa shape index (κ1) is 11.4. The standard InChI is InChI=1S/C12H14BrN3/c1-8-5-11(3-4-12(8)13)16-9(2)10(6-14)7-15-16/h3-5,7H,6,14H2,1-2H3. The number of hydrogen-bond acceptors (Lipinski definition) is 2. The van der Waals surface area contributed by atoms with Gasteiger partial charge in [-0.25, -0.2) is 4.68 Å². The Bertz CT molecular complexity index is 517. The van der Waals surface area contributed by atoms with Gasteiger partial charge in [0.25, 0.3) is 0 Å². The van der Waals surface area contributed by atoms with E-state index in [1.54, 1.807) is 0 Å². The van der Waals surface area contributed by atoms with Gasteiger partial charge in [0.2, 0.25) is 0 Å². The van der Waals surface area contributed by atoms with Crippen molar-refractivity contribution in [2.45, 2.75) is 20.4 Å². The normalized spacial score (nSPS) is 10.8. The summed E-state index contributed by atoms with van der Waals surface area (Å²) in [5, 5.41) is 4.35. The number of aromatic nitrogens is 2. The molecule has 16 heavy (non-hydrogen) atoms. The topological polar surface area (TPSA) is 43.8 Å². The summed E-state index contributed by atoms with van der Waals surface area (Å²) >= 11 is 3.49. The van der Waals surface area contributed by atoms with Crippen molar-refractivity contribution in [2.24, 2.45) is 5.73 Å². The third kappa shape index (κ3) is 1.90. The number of halogens is 1. The predicted octanol–water partition coefficient (Wildman–Crippen LogP) is 2.71. The summed E-state index contributed by atoms with van der Waals surface area (Å²) in [7, 11) is 0. The highest BCUT2D eigenvalue weighted by atomic mass is 79.9. The minimum absolute atomic E-state index is 0.529. The summed E-state index contributed by atoms with van der Waals surface area (Å²) in [5.41, 5.74) is 10.1. The molecule has 1 aromatic carbocycles. The van der Waals surface area contributed by atoms with Gasteiger partial charge >= 0.3 is 0 Å². The van der Waals surface area contributed by atoms with Crippen molar-refractivity contribution in [3.05, 3.63) is 45.7 Å². The van der Waals surface area contributed by atoms with Crippen molar-refractivity contribution >= 4 is 15.9 Å². The van der Waals surface area contributed by atoms with E-state index in [0.29, 0.717) is 6.54 Å². The van der Waals surface area contributed by atoms with Crippen molar-refractivity contribution in [3.63, 3.8) is 0 Å². The largest absolute Gasteiger partial charge is 0.326 e. The van der Waals surface area contributed by atoms with Crippen molar-refractivity contribution in [3.8, 4) is 5.69 Å². The first-order chi connectivity index (χ1) is 7.63. The fourth-order valence-corrected chi connectivity index (χ4v) is 1.91. The van der Waals surface area contributed by atoms with Crippen LogP contribution >= 0.6 is 15.9 Å². The highest BCUT2D eigenvalue weighted by Gasteiger charge is 2.07. The maximum Gasteiger partial charge on any atom is 0.0652 e. The first-order valence-corrected chi connectivity index (χ1v) is 5.93. The van der Waals surface area contributed by atoms with Crippen LogP contribution in [0.15, 0.2) is 28.9 Å². The zero-order valence-electron chi connectivity index (χ0n) is 9.37. The number of nitrogens with two attached hydrogens (primary N) is 1. The molecule has 0 radical (unpaired) electrons. The molecule has 0 amide bonds. The minimum atomic E-state index is 0.529. The van der Waals surface area contributed by atoms with Gasteiger partial charge in [-0.05, 0) is 37.6 Å². The molecule has 0 aliphatic carbocycles. The molecular weight excluding hydrogens is 266 g/mol. The molecule has 0 unspecified atom stereocenters. The summed E-state index contributed by atoms with van der Waals surface area (Å²) < 4.78 is 3.03. The van der Waals surface area contributed by atoms with E-state index in [1.807, 2.05) is 29.9 Å². The van der Waals surface area contributed by atoms with E-state index in [0.717, 1.165) is 21.4 Å². The fraction of sp³-hybridized carbons (Fsp3) is 0.250. The van der Waals surface area contributed by atoms with Gasteiger partial charge in [-0.1, -0.05) is 15.9 Å². The Morgan fingerprint density at radius 2 is 2.12 bits per heavy atom. The molecule has 0 aliphatic rings. The van der Waals surface area contributed by atoms with Gasteiger partial charge < -0.3 is 5.73 Å². The number of nitrogens with zero attached hydrogens (tertiary/aromatic N) is 2. The molecule has 0 saturated heterocycles. The van der Waals surface area contributed by atoms with Gasteiger partial charge in [0, 0.05) is 22.3 Å². The summed E-state index contributed by atoms with van der Waals surface area (Å²) in [5.74, 6) is 0. The zero-order chi connectivity index (χ0) is 11.7. The molecule has 0 aliphatic heterocycles.